The van der Waals surface area contributed by atoms with Crippen molar-refractivity contribution in [2.24, 2.45) is 7.05 Å². The molecule has 0 atom stereocenters. The second-order valence-electron chi connectivity index (χ2n) is 3.76. The molecule has 2 N–H and O–H groups in total. The topological polar surface area (TPSA) is 48.0 Å². The summed E-state index contributed by atoms with van der Waals surface area (Å²) in [5.41, 5.74) is 4.39. The summed E-state index contributed by atoms with van der Waals surface area (Å²) in [7, 11) is 1.28. The van der Waals surface area contributed by atoms with Crippen molar-refractivity contribution in [2.45, 2.75) is 6.18 Å². The van der Waals surface area contributed by atoms with Crippen LogP contribution in [-0.4, -0.2) is 4.57 Å². The summed E-state index contributed by atoms with van der Waals surface area (Å²) in [5, 5.41) is -0.155. The van der Waals surface area contributed by atoms with Gasteiger partial charge in [-0.3, -0.25) is 4.79 Å². The van der Waals surface area contributed by atoms with E-state index in [0.717, 1.165) is 10.8 Å². The molecule has 0 aliphatic carbocycles. The molecule has 0 spiro atoms. The van der Waals surface area contributed by atoms with Gasteiger partial charge >= 0.3 is 6.18 Å². The zero-order valence-electron chi connectivity index (χ0n) is 8.88. The average molecular weight is 242 g/mol. The minimum Gasteiger partial charge on any atom is -0.399 e. The van der Waals surface area contributed by atoms with Crippen LogP contribution in [0.1, 0.15) is 5.56 Å². The monoisotopic (exact) mass is 242 g/mol. The van der Waals surface area contributed by atoms with Crippen LogP contribution in [0.4, 0.5) is 18.9 Å². The first-order chi connectivity index (χ1) is 7.80. The number of hydrogen-bond acceptors (Lipinski definition) is 2. The van der Waals surface area contributed by atoms with E-state index in [1.165, 1.54) is 25.2 Å². The predicted molar refractivity (Wildman–Crippen MR) is 58.6 cm³/mol. The fourth-order valence-electron chi connectivity index (χ4n) is 1.71. The van der Waals surface area contributed by atoms with Gasteiger partial charge in [-0.25, -0.2) is 0 Å². The van der Waals surface area contributed by atoms with E-state index in [4.69, 9.17) is 5.73 Å². The summed E-state index contributed by atoms with van der Waals surface area (Å²) >= 11 is 0. The number of alkyl halides is 3. The van der Waals surface area contributed by atoms with Crippen molar-refractivity contribution < 1.29 is 13.2 Å². The Balaban J connectivity index is 2.97. The molecule has 0 bridgehead atoms. The number of nitrogen functional groups attached to an aromatic ring is 1. The van der Waals surface area contributed by atoms with Gasteiger partial charge in [-0.1, -0.05) is 6.07 Å². The normalized spacial score (nSPS) is 12.0. The molecule has 90 valence electrons. The van der Waals surface area contributed by atoms with Crippen molar-refractivity contribution in [2.75, 3.05) is 5.73 Å². The highest BCUT2D eigenvalue weighted by Crippen LogP contribution is 2.33. The molecule has 0 aliphatic rings. The number of benzene rings is 1. The van der Waals surface area contributed by atoms with Crippen LogP contribution in [0.25, 0.3) is 10.8 Å². The molecule has 17 heavy (non-hydrogen) atoms. The molecular formula is C11H9F3N2O. The van der Waals surface area contributed by atoms with Crippen molar-refractivity contribution in [3.63, 3.8) is 0 Å². The lowest BCUT2D eigenvalue weighted by molar-refractivity contribution is -0.136. The number of hydrogen-bond donors (Lipinski definition) is 1. The molecule has 0 saturated heterocycles. The number of halogens is 3. The van der Waals surface area contributed by atoms with Crippen LogP contribution in [-0.2, 0) is 13.2 Å². The van der Waals surface area contributed by atoms with E-state index in [2.05, 4.69) is 0 Å². The third-order valence-electron chi connectivity index (χ3n) is 2.51. The van der Waals surface area contributed by atoms with Crippen LogP contribution < -0.4 is 11.3 Å². The first-order valence-corrected chi connectivity index (χ1v) is 4.77. The van der Waals surface area contributed by atoms with Crippen LogP contribution in [0.3, 0.4) is 0 Å². The molecule has 0 amide bonds. The SMILES string of the molecule is Cn1cc(C(F)(F)F)c2ccc(N)cc2c1=O. The molecule has 0 aliphatic heterocycles. The second-order valence-corrected chi connectivity index (χ2v) is 3.76. The van der Waals surface area contributed by atoms with Crippen LogP contribution in [0.15, 0.2) is 29.2 Å². The molecule has 0 fully saturated rings. The van der Waals surface area contributed by atoms with Crippen LogP contribution in [0, 0.1) is 0 Å². The number of aryl methyl sites for hydroxylation is 1. The molecule has 1 aromatic heterocycles. The van der Waals surface area contributed by atoms with Gasteiger partial charge in [-0.05, 0) is 12.1 Å². The lowest BCUT2D eigenvalue weighted by Gasteiger charge is -2.12. The van der Waals surface area contributed by atoms with Gasteiger partial charge in [0.1, 0.15) is 0 Å². The maximum Gasteiger partial charge on any atom is 0.418 e. The van der Waals surface area contributed by atoms with Gasteiger partial charge in [0.2, 0.25) is 0 Å². The molecule has 0 radical (unpaired) electrons. The summed E-state index contributed by atoms with van der Waals surface area (Å²) < 4.78 is 39.3. The van der Waals surface area contributed by atoms with Crippen LogP contribution in [0.5, 0.6) is 0 Å². The zero-order valence-corrected chi connectivity index (χ0v) is 8.88. The average Bonchev–Trinajstić information content (AvgIpc) is 2.22. The fourth-order valence-corrected chi connectivity index (χ4v) is 1.71. The summed E-state index contributed by atoms with van der Waals surface area (Å²) in [6.07, 6.45) is -3.71. The van der Waals surface area contributed by atoms with E-state index in [-0.39, 0.29) is 16.5 Å². The van der Waals surface area contributed by atoms with Gasteiger partial charge in [-0.2, -0.15) is 13.2 Å². The van der Waals surface area contributed by atoms with Crippen molar-refractivity contribution in [3.8, 4) is 0 Å². The Bertz CT molecular complexity index is 643. The number of aromatic nitrogens is 1. The van der Waals surface area contributed by atoms with E-state index in [0.29, 0.717) is 0 Å². The molecule has 3 nitrogen and oxygen atoms in total. The van der Waals surface area contributed by atoms with E-state index in [9.17, 15) is 18.0 Å². The first kappa shape index (κ1) is 11.5. The number of anilines is 1. The summed E-state index contributed by atoms with van der Waals surface area (Å²) in [6, 6.07) is 3.82. The zero-order chi connectivity index (χ0) is 12.8. The molecular weight excluding hydrogens is 233 g/mol. The fraction of sp³-hybridized carbons (Fsp3) is 0.182. The van der Waals surface area contributed by atoms with Gasteiger partial charge in [0.15, 0.2) is 0 Å². The molecule has 0 saturated carbocycles. The molecule has 6 heteroatoms. The number of pyridine rings is 1. The van der Waals surface area contributed by atoms with E-state index >= 15 is 0 Å². The number of rotatable bonds is 0. The largest absolute Gasteiger partial charge is 0.418 e. The summed E-state index contributed by atoms with van der Waals surface area (Å²) in [5.74, 6) is 0. The Hall–Kier alpha value is -1.98. The molecule has 1 aromatic carbocycles. The first-order valence-electron chi connectivity index (χ1n) is 4.77. The number of fused-ring (bicyclic) bond motifs is 1. The quantitative estimate of drug-likeness (QED) is 0.719. The molecule has 2 rings (SSSR count). The van der Waals surface area contributed by atoms with Gasteiger partial charge in [0, 0.05) is 29.7 Å². The Morgan fingerprint density at radius 1 is 1.24 bits per heavy atom. The van der Waals surface area contributed by atoms with Crippen molar-refractivity contribution >= 4 is 16.5 Å². The molecule has 0 unspecified atom stereocenters. The van der Waals surface area contributed by atoms with Gasteiger partial charge in [-0.15, -0.1) is 0 Å². The smallest absolute Gasteiger partial charge is 0.399 e. The van der Waals surface area contributed by atoms with Crippen LogP contribution in [0.2, 0.25) is 0 Å². The number of nitrogens with zero attached hydrogens (tertiary/aromatic N) is 1. The predicted octanol–water partition coefficient (Wildman–Crippen LogP) is 2.14. The maximum atomic E-state index is 12.8. The van der Waals surface area contributed by atoms with Crippen molar-refractivity contribution in [3.05, 3.63) is 40.3 Å². The van der Waals surface area contributed by atoms with Crippen molar-refractivity contribution in [1.29, 1.82) is 0 Å². The highest BCUT2D eigenvalue weighted by molar-refractivity contribution is 5.87. The third-order valence-corrected chi connectivity index (χ3v) is 2.51. The van der Waals surface area contributed by atoms with Crippen molar-refractivity contribution in [1.82, 2.24) is 4.57 Å². The second kappa shape index (κ2) is 3.51. The molecule has 2 aromatic rings. The van der Waals surface area contributed by atoms with Gasteiger partial charge in [0.25, 0.3) is 5.56 Å². The Morgan fingerprint density at radius 3 is 2.47 bits per heavy atom. The maximum absolute atomic E-state index is 12.8. The Morgan fingerprint density at radius 2 is 1.88 bits per heavy atom. The Labute approximate surface area is 94.3 Å². The van der Waals surface area contributed by atoms with E-state index in [1.54, 1.807) is 0 Å². The summed E-state index contributed by atoms with van der Waals surface area (Å²) in [6.45, 7) is 0. The molecule has 1 heterocycles. The number of nitrogens with two attached hydrogens (primary N) is 1. The lowest BCUT2D eigenvalue weighted by Crippen LogP contribution is -2.20. The van der Waals surface area contributed by atoms with E-state index < -0.39 is 17.3 Å². The lowest BCUT2D eigenvalue weighted by atomic mass is 10.1. The van der Waals surface area contributed by atoms with E-state index in [1.807, 2.05) is 0 Å². The summed E-state index contributed by atoms with van der Waals surface area (Å²) in [4.78, 5) is 11.7. The minimum atomic E-state index is -4.50. The minimum absolute atomic E-state index is 0.0256. The standard InChI is InChI=1S/C11H9F3N2O/c1-16-5-9(11(12,13)14)7-3-2-6(15)4-8(7)10(16)17/h2-5H,15H2,1H3. The highest BCUT2D eigenvalue weighted by atomic mass is 19.4. The van der Waals surface area contributed by atoms with Crippen LogP contribution >= 0.6 is 0 Å². The van der Waals surface area contributed by atoms with Gasteiger partial charge in [0.05, 0.1) is 5.56 Å². The third kappa shape index (κ3) is 1.86. The highest BCUT2D eigenvalue weighted by Gasteiger charge is 2.33. The van der Waals surface area contributed by atoms with Gasteiger partial charge < -0.3 is 10.3 Å². The Kier molecular flexibility index (Phi) is 2.38.